The predicted octanol–water partition coefficient (Wildman–Crippen LogP) is 1.80. The van der Waals surface area contributed by atoms with Crippen molar-refractivity contribution in [1.82, 2.24) is 15.3 Å². The predicted molar refractivity (Wildman–Crippen MR) is 89.5 cm³/mol. The first kappa shape index (κ1) is 15.7. The molecule has 1 aliphatic heterocycles. The lowest BCUT2D eigenvalue weighted by Gasteiger charge is -2.14. The van der Waals surface area contributed by atoms with Gasteiger partial charge in [-0.25, -0.2) is 14.9 Å². The summed E-state index contributed by atoms with van der Waals surface area (Å²) in [5.41, 5.74) is 1.00. The van der Waals surface area contributed by atoms with E-state index in [0.29, 0.717) is 17.0 Å². The fraction of sp³-hybridized carbons (Fsp3) is 0.0556. The molecule has 8 heteroatoms. The van der Waals surface area contributed by atoms with E-state index in [1.54, 1.807) is 24.3 Å². The van der Waals surface area contributed by atoms with Crippen molar-refractivity contribution in [1.29, 1.82) is 0 Å². The molecule has 0 aliphatic carbocycles. The van der Waals surface area contributed by atoms with Crippen molar-refractivity contribution in [2.24, 2.45) is 0 Å². The molecule has 8 nitrogen and oxygen atoms in total. The molecule has 0 fully saturated rings. The number of benzene rings is 1. The van der Waals surface area contributed by atoms with E-state index >= 15 is 0 Å². The second-order valence-corrected chi connectivity index (χ2v) is 5.54. The van der Waals surface area contributed by atoms with Crippen molar-refractivity contribution in [2.45, 2.75) is 6.54 Å². The topological polar surface area (TPSA) is 105 Å². The standard InChI is InChI=1S/C18H12N4O4/c23-16(20-8-13-2-1-7-26-13)11-3-5-12(6-4-11)22-17(24)14-9-19-10-21-15(14)18(22)25/h1-7,9-10H,8H2,(H,20,23). The largest absolute Gasteiger partial charge is 0.467 e. The summed E-state index contributed by atoms with van der Waals surface area (Å²) in [6.45, 7) is 0.269. The number of hydrogen-bond acceptors (Lipinski definition) is 6. The Morgan fingerprint density at radius 1 is 1.12 bits per heavy atom. The molecule has 0 atom stereocenters. The van der Waals surface area contributed by atoms with Crippen LogP contribution in [-0.4, -0.2) is 27.7 Å². The van der Waals surface area contributed by atoms with E-state index in [1.165, 1.54) is 30.9 Å². The van der Waals surface area contributed by atoms with Gasteiger partial charge in [-0.15, -0.1) is 0 Å². The molecular formula is C18H12N4O4. The quantitative estimate of drug-likeness (QED) is 0.721. The van der Waals surface area contributed by atoms with Crippen LogP contribution in [0.25, 0.3) is 0 Å². The Bertz CT molecular complexity index is 961. The van der Waals surface area contributed by atoms with Gasteiger partial charge in [0, 0.05) is 11.8 Å². The molecule has 0 unspecified atom stereocenters. The van der Waals surface area contributed by atoms with Crippen LogP contribution in [0.15, 0.2) is 59.6 Å². The average molecular weight is 348 g/mol. The number of fused-ring (bicyclic) bond motifs is 1. The SMILES string of the molecule is O=C(NCc1ccco1)c1ccc(N2C(=O)c3cncnc3C2=O)cc1. The maximum atomic E-state index is 12.4. The van der Waals surface area contributed by atoms with Crippen molar-refractivity contribution >= 4 is 23.4 Å². The zero-order chi connectivity index (χ0) is 18.1. The van der Waals surface area contributed by atoms with Gasteiger partial charge in [0.25, 0.3) is 17.7 Å². The van der Waals surface area contributed by atoms with E-state index in [1.807, 2.05) is 0 Å². The van der Waals surface area contributed by atoms with Crippen molar-refractivity contribution in [2.75, 3.05) is 4.90 Å². The Balaban J connectivity index is 1.51. The third-order valence-corrected chi connectivity index (χ3v) is 3.94. The van der Waals surface area contributed by atoms with E-state index in [4.69, 9.17) is 4.42 Å². The summed E-state index contributed by atoms with van der Waals surface area (Å²) in [5, 5.41) is 2.72. The van der Waals surface area contributed by atoms with Gasteiger partial charge in [0.15, 0.2) is 0 Å². The minimum absolute atomic E-state index is 0.0743. The summed E-state index contributed by atoms with van der Waals surface area (Å²) in [6.07, 6.45) is 4.07. The lowest BCUT2D eigenvalue weighted by molar-refractivity contribution is 0.0921. The molecule has 0 spiro atoms. The number of anilines is 1. The van der Waals surface area contributed by atoms with Gasteiger partial charge >= 0.3 is 0 Å². The van der Waals surface area contributed by atoms with Gasteiger partial charge in [0.2, 0.25) is 0 Å². The van der Waals surface area contributed by atoms with E-state index in [2.05, 4.69) is 15.3 Å². The summed E-state index contributed by atoms with van der Waals surface area (Å²) in [7, 11) is 0. The van der Waals surface area contributed by atoms with E-state index in [0.717, 1.165) is 4.90 Å². The van der Waals surface area contributed by atoms with Crippen LogP contribution in [0.2, 0.25) is 0 Å². The highest BCUT2D eigenvalue weighted by Gasteiger charge is 2.38. The second-order valence-electron chi connectivity index (χ2n) is 5.54. The minimum atomic E-state index is -0.512. The number of amides is 3. The zero-order valence-electron chi connectivity index (χ0n) is 13.4. The number of furan rings is 1. The molecule has 0 saturated heterocycles. The number of rotatable bonds is 4. The van der Waals surface area contributed by atoms with Crippen molar-refractivity contribution < 1.29 is 18.8 Å². The Morgan fingerprint density at radius 3 is 2.62 bits per heavy atom. The summed E-state index contributed by atoms with van der Waals surface area (Å²) in [5.74, 6) is -0.647. The monoisotopic (exact) mass is 348 g/mol. The van der Waals surface area contributed by atoms with Crippen LogP contribution >= 0.6 is 0 Å². The zero-order valence-corrected chi connectivity index (χ0v) is 13.4. The fourth-order valence-electron chi connectivity index (χ4n) is 2.65. The summed E-state index contributed by atoms with van der Waals surface area (Å²) >= 11 is 0. The summed E-state index contributed by atoms with van der Waals surface area (Å²) in [4.78, 5) is 45.6. The van der Waals surface area contributed by atoms with Gasteiger partial charge in [-0.3, -0.25) is 14.4 Å². The van der Waals surface area contributed by atoms with Gasteiger partial charge in [0.1, 0.15) is 17.8 Å². The van der Waals surface area contributed by atoms with Crippen LogP contribution in [0, 0.1) is 0 Å². The molecule has 3 aromatic rings. The number of imide groups is 1. The Labute approximate surface area is 147 Å². The molecule has 1 aromatic carbocycles. The van der Waals surface area contributed by atoms with Gasteiger partial charge in [0.05, 0.1) is 24.1 Å². The van der Waals surface area contributed by atoms with Crippen molar-refractivity contribution in [3.8, 4) is 0 Å². The highest BCUT2D eigenvalue weighted by molar-refractivity contribution is 6.33. The number of nitrogens with zero attached hydrogens (tertiary/aromatic N) is 3. The first-order valence-corrected chi connectivity index (χ1v) is 7.74. The molecule has 0 saturated carbocycles. The van der Waals surface area contributed by atoms with Crippen LogP contribution in [0.5, 0.6) is 0 Å². The molecule has 0 radical (unpaired) electrons. The average Bonchev–Trinajstić information content (AvgIpc) is 3.28. The summed E-state index contributed by atoms with van der Waals surface area (Å²) in [6, 6.07) is 9.66. The molecule has 2 aromatic heterocycles. The van der Waals surface area contributed by atoms with Crippen LogP contribution < -0.4 is 10.2 Å². The van der Waals surface area contributed by atoms with Gasteiger partial charge in [-0.05, 0) is 36.4 Å². The molecule has 1 aliphatic rings. The molecule has 26 heavy (non-hydrogen) atoms. The molecule has 0 bridgehead atoms. The normalized spacial score (nSPS) is 13.0. The van der Waals surface area contributed by atoms with E-state index in [9.17, 15) is 14.4 Å². The third-order valence-electron chi connectivity index (χ3n) is 3.94. The lowest BCUT2D eigenvalue weighted by Crippen LogP contribution is -2.29. The van der Waals surface area contributed by atoms with Crippen molar-refractivity contribution in [3.63, 3.8) is 0 Å². The number of aromatic nitrogens is 2. The lowest BCUT2D eigenvalue weighted by atomic mass is 10.2. The van der Waals surface area contributed by atoms with E-state index in [-0.39, 0.29) is 23.7 Å². The maximum Gasteiger partial charge on any atom is 0.284 e. The molecule has 1 N–H and O–H groups in total. The number of hydrogen-bond donors (Lipinski definition) is 1. The Morgan fingerprint density at radius 2 is 1.92 bits per heavy atom. The van der Waals surface area contributed by atoms with Crippen LogP contribution in [0.4, 0.5) is 5.69 Å². The van der Waals surface area contributed by atoms with Crippen LogP contribution in [0.3, 0.4) is 0 Å². The first-order chi connectivity index (χ1) is 12.6. The second kappa shape index (κ2) is 6.25. The Kier molecular flexibility index (Phi) is 3.77. The minimum Gasteiger partial charge on any atom is -0.467 e. The van der Waals surface area contributed by atoms with E-state index < -0.39 is 11.8 Å². The van der Waals surface area contributed by atoms with Gasteiger partial charge in [-0.2, -0.15) is 0 Å². The fourth-order valence-corrected chi connectivity index (χ4v) is 2.65. The number of carbonyl (C=O) groups is 3. The summed E-state index contributed by atoms with van der Waals surface area (Å²) < 4.78 is 5.15. The van der Waals surface area contributed by atoms with Crippen LogP contribution in [0.1, 0.15) is 37.0 Å². The maximum absolute atomic E-state index is 12.4. The van der Waals surface area contributed by atoms with Gasteiger partial charge in [-0.1, -0.05) is 0 Å². The van der Waals surface area contributed by atoms with Crippen LogP contribution in [-0.2, 0) is 6.54 Å². The smallest absolute Gasteiger partial charge is 0.284 e. The Hall–Kier alpha value is -3.81. The third kappa shape index (κ3) is 2.63. The number of carbonyl (C=O) groups excluding carboxylic acids is 3. The highest BCUT2D eigenvalue weighted by atomic mass is 16.3. The first-order valence-electron chi connectivity index (χ1n) is 7.74. The molecule has 128 valence electrons. The molecule has 3 heterocycles. The van der Waals surface area contributed by atoms with Gasteiger partial charge < -0.3 is 9.73 Å². The highest BCUT2D eigenvalue weighted by Crippen LogP contribution is 2.26. The number of nitrogens with one attached hydrogen (secondary N) is 1. The molecule has 3 amide bonds. The molecule has 4 rings (SSSR count). The molecular weight excluding hydrogens is 336 g/mol. The van der Waals surface area contributed by atoms with Crippen molar-refractivity contribution in [3.05, 3.63) is 77.8 Å².